The van der Waals surface area contributed by atoms with Crippen LogP contribution >= 0.6 is 11.3 Å². The van der Waals surface area contributed by atoms with Crippen molar-refractivity contribution in [2.45, 2.75) is 51.5 Å². The first kappa shape index (κ1) is 21.2. The number of nitrogens with zero attached hydrogens (tertiary/aromatic N) is 2. The zero-order chi connectivity index (χ0) is 21.1. The molecule has 0 bridgehead atoms. The molecule has 7 heteroatoms. The maximum absolute atomic E-state index is 13.0. The van der Waals surface area contributed by atoms with E-state index in [0.29, 0.717) is 38.5 Å². The number of carbonyl (C=O) groups is 2. The number of piperidine rings is 2. The van der Waals surface area contributed by atoms with Crippen molar-refractivity contribution in [1.29, 1.82) is 0 Å². The van der Waals surface area contributed by atoms with Gasteiger partial charge in [0, 0.05) is 31.8 Å². The minimum Gasteiger partial charge on any atom is -0.466 e. The average molecular weight is 431 g/mol. The van der Waals surface area contributed by atoms with Crippen LogP contribution in [-0.4, -0.2) is 60.6 Å². The highest BCUT2D eigenvalue weighted by molar-refractivity contribution is 7.18. The van der Waals surface area contributed by atoms with Gasteiger partial charge in [0.25, 0.3) is 5.91 Å². The zero-order valence-electron chi connectivity index (χ0n) is 17.9. The van der Waals surface area contributed by atoms with Crippen LogP contribution in [0, 0.1) is 5.92 Å². The summed E-state index contributed by atoms with van der Waals surface area (Å²) in [6, 6.07) is 8.31. The number of fused-ring (bicyclic) bond motifs is 1. The molecule has 4 rings (SSSR count). The molecule has 0 radical (unpaired) electrons. The third kappa shape index (κ3) is 4.52. The molecule has 0 saturated carbocycles. The lowest BCUT2D eigenvalue weighted by Gasteiger charge is -2.36. The number of likely N-dealkylation sites (tertiary alicyclic amines) is 2. The highest BCUT2D eigenvalue weighted by Gasteiger charge is 2.36. The Hall–Kier alpha value is -1.99. The van der Waals surface area contributed by atoms with Gasteiger partial charge in [-0.05, 0) is 38.8 Å². The molecule has 2 aromatic rings. The number of rotatable bonds is 5. The van der Waals surface area contributed by atoms with E-state index in [1.54, 1.807) is 0 Å². The van der Waals surface area contributed by atoms with E-state index in [-0.39, 0.29) is 23.8 Å². The third-order valence-electron chi connectivity index (χ3n) is 6.70. The van der Waals surface area contributed by atoms with E-state index in [1.807, 2.05) is 29.2 Å². The van der Waals surface area contributed by atoms with Crippen molar-refractivity contribution >= 4 is 33.4 Å². The van der Waals surface area contributed by atoms with Crippen LogP contribution in [0.3, 0.4) is 0 Å². The van der Waals surface area contributed by atoms with Gasteiger partial charge in [-0.1, -0.05) is 12.1 Å². The fourth-order valence-electron chi connectivity index (χ4n) is 4.78. The maximum atomic E-state index is 13.0. The second kappa shape index (κ2) is 9.43. The number of benzene rings is 1. The Balaban J connectivity index is 1.28. The van der Waals surface area contributed by atoms with Crippen LogP contribution in [0.25, 0.3) is 10.2 Å². The Morgan fingerprint density at radius 1 is 1.20 bits per heavy atom. The summed E-state index contributed by atoms with van der Waals surface area (Å²) in [5.74, 6) is 0.570. The van der Waals surface area contributed by atoms with Crippen LogP contribution in [0.4, 0.5) is 0 Å². The van der Waals surface area contributed by atoms with Gasteiger partial charge in [-0.25, -0.2) is 4.98 Å². The number of quaternary nitrogens is 1. The highest BCUT2D eigenvalue weighted by atomic mass is 32.1. The number of hydrogen-bond acceptors (Lipinski definition) is 5. The summed E-state index contributed by atoms with van der Waals surface area (Å²) in [6.07, 6.45) is 3.59. The number of carbonyl (C=O) groups excluding carboxylic acids is 2. The van der Waals surface area contributed by atoms with Crippen LogP contribution < -0.4 is 4.90 Å². The smallest absolute Gasteiger partial charge is 0.309 e. The molecule has 0 unspecified atom stereocenters. The van der Waals surface area contributed by atoms with Crippen molar-refractivity contribution in [2.24, 2.45) is 5.92 Å². The normalized spacial score (nSPS) is 24.0. The number of aromatic nitrogens is 1. The molecular formula is C23H32N3O3S+. The monoisotopic (exact) mass is 430 g/mol. The second-order valence-corrected chi connectivity index (χ2v) is 9.59. The molecule has 1 aromatic carbocycles. The molecule has 2 aliphatic rings. The number of para-hydroxylation sites is 1. The number of ether oxygens (including phenoxy) is 1. The number of thiazole rings is 1. The minimum atomic E-state index is -0.111. The maximum Gasteiger partial charge on any atom is 0.309 e. The lowest BCUT2D eigenvalue weighted by molar-refractivity contribution is -0.919. The van der Waals surface area contributed by atoms with Crippen molar-refractivity contribution in [3.8, 4) is 0 Å². The minimum absolute atomic E-state index is 0.0274. The van der Waals surface area contributed by atoms with Gasteiger partial charge in [-0.3, -0.25) is 9.59 Å². The third-order valence-corrected chi connectivity index (χ3v) is 7.90. The first-order chi connectivity index (χ1) is 14.6. The number of amides is 1. The van der Waals surface area contributed by atoms with E-state index in [0.717, 1.165) is 31.4 Å². The van der Waals surface area contributed by atoms with Gasteiger partial charge < -0.3 is 14.5 Å². The summed E-state index contributed by atoms with van der Waals surface area (Å²) in [7, 11) is 0. The fraction of sp³-hybridized carbons (Fsp3) is 0.609. The molecular weight excluding hydrogens is 398 g/mol. The van der Waals surface area contributed by atoms with Gasteiger partial charge in [-0.2, -0.15) is 0 Å². The van der Waals surface area contributed by atoms with Crippen molar-refractivity contribution in [3.05, 3.63) is 29.3 Å². The van der Waals surface area contributed by atoms with E-state index in [1.165, 1.54) is 14.6 Å². The molecule has 1 atom stereocenters. The quantitative estimate of drug-likeness (QED) is 0.739. The lowest BCUT2D eigenvalue weighted by atomic mass is 9.95. The number of nitrogens with one attached hydrogen (secondary N) is 1. The molecule has 2 fully saturated rings. The van der Waals surface area contributed by atoms with Gasteiger partial charge in [0.05, 0.1) is 40.8 Å². The molecule has 1 amide bonds. The van der Waals surface area contributed by atoms with Crippen LogP contribution in [0.2, 0.25) is 0 Å². The molecule has 6 nitrogen and oxygen atoms in total. The van der Waals surface area contributed by atoms with Gasteiger partial charge in [0.1, 0.15) is 0 Å². The number of esters is 1. The summed E-state index contributed by atoms with van der Waals surface area (Å²) in [5.41, 5.74) is 1.10. The molecule has 162 valence electrons. The van der Waals surface area contributed by atoms with Gasteiger partial charge >= 0.3 is 5.97 Å². The van der Waals surface area contributed by atoms with E-state index in [9.17, 15) is 9.59 Å². The Morgan fingerprint density at radius 3 is 2.57 bits per heavy atom. The summed E-state index contributed by atoms with van der Waals surface area (Å²) >= 11 is 1.82. The Kier molecular flexibility index (Phi) is 6.68. The number of hydrogen-bond donors (Lipinski definition) is 1. The van der Waals surface area contributed by atoms with Crippen LogP contribution in [0.15, 0.2) is 24.3 Å². The first-order valence-electron chi connectivity index (χ1n) is 11.2. The average Bonchev–Trinajstić information content (AvgIpc) is 3.23. The second-order valence-electron chi connectivity index (χ2n) is 8.53. The first-order valence-corrected chi connectivity index (χ1v) is 12.0. The van der Waals surface area contributed by atoms with Crippen molar-refractivity contribution < 1.29 is 19.2 Å². The van der Waals surface area contributed by atoms with Crippen molar-refractivity contribution in [3.63, 3.8) is 0 Å². The Morgan fingerprint density at radius 2 is 1.90 bits per heavy atom. The fourth-order valence-corrected chi connectivity index (χ4v) is 5.91. The molecule has 0 aliphatic carbocycles. The van der Waals surface area contributed by atoms with Gasteiger partial charge in [0.15, 0.2) is 6.04 Å². The predicted molar refractivity (Wildman–Crippen MR) is 118 cm³/mol. The molecule has 3 heterocycles. The SMILES string of the molecule is CCOC(=O)C1CCN(C(=O)[C@@H](C)[NH+]2CCC(c3nc4ccccc4s3)CC2)CC1. The molecule has 1 N–H and O–H groups in total. The molecule has 1 aromatic heterocycles. The zero-order valence-corrected chi connectivity index (χ0v) is 18.7. The Bertz CT molecular complexity index is 850. The Labute approximate surface area is 182 Å². The summed E-state index contributed by atoms with van der Waals surface area (Å²) in [4.78, 5) is 33.2. The van der Waals surface area contributed by atoms with Crippen molar-refractivity contribution in [2.75, 3.05) is 32.8 Å². The van der Waals surface area contributed by atoms with Crippen molar-refractivity contribution in [1.82, 2.24) is 9.88 Å². The van der Waals surface area contributed by atoms with E-state index in [4.69, 9.17) is 9.72 Å². The topological polar surface area (TPSA) is 63.9 Å². The molecule has 30 heavy (non-hydrogen) atoms. The van der Waals surface area contributed by atoms with Gasteiger partial charge in [-0.15, -0.1) is 11.3 Å². The summed E-state index contributed by atoms with van der Waals surface area (Å²) in [5, 5.41) is 1.25. The summed E-state index contributed by atoms with van der Waals surface area (Å²) in [6.45, 7) is 7.65. The van der Waals surface area contributed by atoms with E-state index in [2.05, 4.69) is 25.1 Å². The predicted octanol–water partition coefficient (Wildman–Crippen LogP) is 2.25. The summed E-state index contributed by atoms with van der Waals surface area (Å²) < 4.78 is 6.40. The van der Waals surface area contributed by atoms with Gasteiger partial charge in [0.2, 0.25) is 0 Å². The molecule has 2 saturated heterocycles. The molecule has 0 spiro atoms. The van der Waals surface area contributed by atoms with Crippen LogP contribution in [0.5, 0.6) is 0 Å². The van der Waals surface area contributed by atoms with E-state index < -0.39 is 0 Å². The van der Waals surface area contributed by atoms with Crippen LogP contribution in [-0.2, 0) is 14.3 Å². The largest absolute Gasteiger partial charge is 0.466 e. The highest BCUT2D eigenvalue weighted by Crippen LogP contribution is 2.31. The molecule has 2 aliphatic heterocycles. The standard InChI is InChI=1S/C23H31N3O3S/c1-3-29-23(28)18-10-14-26(15-11-18)22(27)16(2)25-12-8-17(9-13-25)21-24-19-6-4-5-7-20(19)30-21/h4-7,16-18H,3,8-15H2,1-2H3/p+1/t16-/m1/s1. The van der Waals surface area contributed by atoms with Crippen LogP contribution in [0.1, 0.15) is 50.5 Å². The van der Waals surface area contributed by atoms with E-state index >= 15 is 0 Å². The lowest BCUT2D eigenvalue weighted by Crippen LogP contribution is -3.17.